The average Bonchev–Trinajstić information content (AvgIpc) is 1.82. The molecule has 0 saturated heterocycles. The first-order valence-corrected chi connectivity index (χ1v) is 3.96. The summed E-state index contributed by atoms with van der Waals surface area (Å²) in [5.41, 5.74) is 8.07. The Kier molecular flexibility index (Phi) is 4.17. The van der Waals surface area contributed by atoms with Crippen LogP contribution >= 0.6 is 0 Å². The molecular weight excluding hydrogens is 122 g/mol. The number of nitrogens with two attached hydrogens (primary N) is 1. The van der Waals surface area contributed by atoms with Crippen LogP contribution in [0.4, 0.5) is 0 Å². The number of hydrogen-bond acceptors (Lipinski definition) is 1. The van der Waals surface area contributed by atoms with Gasteiger partial charge in [-0.05, 0) is 32.6 Å². The van der Waals surface area contributed by atoms with Gasteiger partial charge >= 0.3 is 0 Å². The van der Waals surface area contributed by atoms with Crippen LogP contribution in [0, 0.1) is 5.92 Å². The zero-order chi connectivity index (χ0) is 8.15. The monoisotopic (exact) mass is 141 g/mol. The quantitative estimate of drug-likeness (QED) is 0.642. The predicted molar refractivity (Wildman–Crippen MR) is 46.6 cm³/mol. The molecule has 0 heterocycles. The molecule has 0 spiro atoms. The Morgan fingerprint density at radius 2 is 1.80 bits per heavy atom. The molecule has 10 heavy (non-hydrogen) atoms. The van der Waals surface area contributed by atoms with E-state index in [0.717, 1.165) is 18.0 Å². The Hall–Kier alpha value is -0.460. The highest BCUT2D eigenvalue weighted by molar-refractivity contribution is 5.04. The topological polar surface area (TPSA) is 26.0 Å². The fourth-order valence-corrected chi connectivity index (χ4v) is 0.694. The molecule has 1 nitrogen and oxygen atoms in total. The summed E-state index contributed by atoms with van der Waals surface area (Å²) >= 11 is 0. The van der Waals surface area contributed by atoms with Gasteiger partial charge in [-0.1, -0.05) is 19.4 Å². The van der Waals surface area contributed by atoms with Crippen molar-refractivity contribution in [2.75, 3.05) is 0 Å². The third-order valence-corrected chi connectivity index (χ3v) is 1.63. The second-order valence-electron chi connectivity index (χ2n) is 3.46. The minimum Gasteiger partial charge on any atom is -0.402 e. The molecule has 0 radical (unpaired) electrons. The van der Waals surface area contributed by atoms with Crippen LogP contribution in [-0.4, -0.2) is 0 Å². The van der Waals surface area contributed by atoms with Gasteiger partial charge in [-0.3, -0.25) is 0 Å². The first kappa shape index (κ1) is 9.54. The molecule has 0 aromatic carbocycles. The van der Waals surface area contributed by atoms with Crippen LogP contribution in [0.25, 0.3) is 0 Å². The molecule has 60 valence electrons. The van der Waals surface area contributed by atoms with Crippen molar-refractivity contribution >= 4 is 0 Å². The lowest BCUT2D eigenvalue weighted by atomic mass is 10.1. The fraction of sp³-hybridized carbons (Fsp3) is 0.778. The van der Waals surface area contributed by atoms with E-state index in [2.05, 4.69) is 27.7 Å². The van der Waals surface area contributed by atoms with Crippen molar-refractivity contribution in [3.05, 3.63) is 11.3 Å². The van der Waals surface area contributed by atoms with Crippen molar-refractivity contribution in [3.63, 3.8) is 0 Å². The number of hydrogen-bond donors (Lipinski definition) is 1. The second kappa shape index (κ2) is 4.37. The smallest absolute Gasteiger partial charge is 0.00668 e. The van der Waals surface area contributed by atoms with Crippen LogP contribution in [0.5, 0.6) is 0 Å². The molecule has 0 rings (SSSR count). The van der Waals surface area contributed by atoms with Gasteiger partial charge in [-0.15, -0.1) is 0 Å². The molecule has 1 heteroatoms. The van der Waals surface area contributed by atoms with E-state index < -0.39 is 0 Å². The molecule has 0 bridgehead atoms. The summed E-state index contributed by atoms with van der Waals surface area (Å²) in [6, 6.07) is 0. The molecule has 0 unspecified atom stereocenters. The van der Waals surface area contributed by atoms with Crippen molar-refractivity contribution < 1.29 is 0 Å². The van der Waals surface area contributed by atoms with Gasteiger partial charge < -0.3 is 5.73 Å². The largest absolute Gasteiger partial charge is 0.402 e. The molecule has 0 aromatic heterocycles. The average molecular weight is 141 g/mol. The molecule has 0 atom stereocenters. The molecule has 0 amide bonds. The van der Waals surface area contributed by atoms with E-state index in [0.29, 0.717) is 0 Å². The third kappa shape index (κ3) is 4.42. The Morgan fingerprint density at radius 1 is 1.30 bits per heavy atom. The molecule has 0 fully saturated rings. The molecular formula is C9H19N. The van der Waals surface area contributed by atoms with Crippen LogP contribution < -0.4 is 5.73 Å². The van der Waals surface area contributed by atoms with E-state index in [9.17, 15) is 0 Å². The van der Waals surface area contributed by atoms with Crippen molar-refractivity contribution in [3.8, 4) is 0 Å². The van der Waals surface area contributed by atoms with Gasteiger partial charge in [-0.2, -0.15) is 0 Å². The highest BCUT2D eigenvalue weighted by Crippen LogP contribution is 2.09. The van der Waals surface area contributed by atoms with Crippen LogP contribution in [0.15, 0.2) is 11.3 Å². The molecule has 0 saturated carbocycles. The summed E-state index contributed by atoms with van der Waals surface area (Å²) in [7, 11) is 0. The maximum Gasteiger partial charge on any atom is 0.00668 e. The summed E-state index contributed by atoms with van der Waals surface area (Å²) in [6.07, 6.45) is 2.26. The summed E-state index contributed by atoms with van der Waals surface area (Å²) in [5.74, 6) is 0.762. The van der Waals surface area contributed by atoms with Crippen molar-refractivity contribution in [1.29, 1.82) is 0 Å². The Bertz CT molecular complexity index is 119. The molecule has 0 aromatic rings. The van der Waals surface area contributed by atoms with Gasteiger partial charge in [-0.25, -0.2) is 0 Å². The number of rotatable bonds is 3. The van der Waals surface area contributed by atoms with Gasteiger partial charge in [0.25, 0.3) is 0 Å². The van der Waals surface area contributed by atoms with Crippen LogP contribution in [-0.2, 0) is 0 Å². The van der Waals surface area contributed by atoms with Crippen LogP contribution in [0.1, 0.15) is 40.5 Å². The normalized spacial score (nSPS) is 10.1. The molecule has 0 aliphatic carbocycles. The van der Waals surface area contributed by atoms with Gasteiger partial charge in [0.05, 0.1) is 0 Å². The van der Waals surface area contributed by atoms with E-state index >= 15 is 0 Å². The minimum atomic E-state index is 0.762. The highest BCUT2D eigenvalue weighted by Gasteiger charge is 1.96. The van der Waals surface area contributed by atoms with Gasteiger partial charge in [0.1, 0.15) is 0 Å². The minimum absolute atomic E-state index is 0.762. The Morgan fingerprint density at radius 3 is 2.10 bits per heavy atom. The summed E-state index contributed by atoms with van der Waals surface area (Å²) in [4.78, 5) is 0. The summed E-state index contributed by atoms with van der Waals surface area (Å²) in [5, 5.41) is 0. The van der Waals surface area contributed by atoms with Gasteiger partial charge in [0.2, 0.25) is 0 Å². The summed E-state index contributed by atoms with van der Waals surface area (Å²) in [6.45, 7) is 8.57. The lowest BCUT2D eigenvalue weighted by Crippen LogP contribution is -2.01. The molecule has 0 aliphatic heterocycles. The highest BCUT2D eigenvalue weighted by atomic mass is 14.6. The third-order valence-electron chi connectivity index (χ3n) is 1.63. The first-order valence-electron chi connectivity index (χ1n) is 3.96. The Labute approximate surface area is 64.3 Å². The van der Waals surface area contributed by atoms with E-state index in [1.165, 1.54) is 12.0 Å². The predicted octanol–water partition coefficient (Wildman–Crippen LogP) is 2.68. The zero-order valence-electron chi connectivity index (χ0n) is 7.57. The maximum absolute atomic E-state index is 5.74. The zero-order valence-corrected chi connectivity index (χ0v) is 7.57. The fourth-order valence-electron chi connectivity index (χ4n) is 0.694. The molecule has 2 N–H and O–H groups in total. The van der Waals surface area contributed by atoms with Crippen molar-refractivity contribution in [2.45, 2.75) is 40.5 Å². The van der Waals surface area contributed by atoms with Crippen LogP contribution in [0.3, 0.4) is 0 Å². The van der Waals surface area contributed by atoms with E-state index in [1.54, 1.807) is 0 Å². The van der Waals surface area contributed by atoms with E-state index in [-0.39, 0.29) is 0 Å². The lowest BCUT2D eigenvalue weighted by molar-refractivity contribution is 0.581. The van der Waals surface area contributed by atoms with Gasteiger partial charge in [0, 0.05) is 5.70 Å². The molecule has 0 aliphatic rings. The standard InChI is InChI=1S/C9H19N/c1-7(2)5-6-9(10)8(3)4/h7H,5-6,10H2,1-4H3. The lowest BCUT2D eigenvalue weighted by Gasteiger charge is -2.05. The van der Waals surface area contributed by atoms with Gasteiger partial charge in [0.15, 0.2) is 0 Å². The SMILES string of the molecule is CC(C)=C(N)CCC(C)C. The maximum atomic E-state index is 5.74. The number of allylic oxidation sites excluding steroid dienone is 2. The van der Waals surface area contributed by atoms with E-state index in [4.69, 9.17) is 5.73 Å². The summed E-state index contributed by atoms with van der Waals surface area (Å²) < 4.78 is 0. The van der Waals surface area contributed by atoms with Crippen molar-refractivity contribution in [2.24, 2.45) is 11.7 Å². The first-order chi connectivity index (χ1) is 4.54. The van der Waals surface area contributed by atoms with Crippen molar-refractivity contribution in [1.82, 2.24) is 0 Å². The van der Waals surface area contributed by atoms with Crippen LogP contribution in [0.2, 0.25) is 0 Å². The van der Waals surface area contributed by atoms with E-state index in [1.807, 2.05) is 0 Å². The second-order valence-corrected chi connectivity index (χ2v) is 3.46. The Balaban J connectivity index is 3.60.